The molecule has 0 spiro atoms. The van der Waals surface area contributed by atoms with Gasteiger partial charge in [-0.3, -0.25) is 4.79 Å². The van der Waals surface area contributed by atoms with Crippen LogP contribution in [0.1, 0.15) is 57.9 Å². The molecule has 1 atom stereocenters. The smallest absolute Gasteiger partial charge is 0.225 e. The number of aromatic nitrogens is 1. The Kier molecular flexibility index (Phi) is 8.14. The fourth-order valence-electron chi connectivity index (χ4n) is 4.17. The number of pyridine rings is 1. The lowest BCUT2D eigenvalue weighted by molar-refractivity contribution is -0.135. The van der Waals surface area contributed by atoms with Crippen LogP contribution in [-0.4, -0.2) is 54.0 Å². The molecular weight excluding hydrogens is 366 g/mol. The Bertz CT molecular complexity index is 688. The van der Waals surface area contributed by atoms with Gasteiger partial charge in [-0.2, -0.15) is 0 Å². The summed E-state index contributed by atoms with van der Waals surface area (Å²) in [5.41, 5.74) is 0.965. The molecule has 1 aliphatic heterocycles. The number of carbonyl (C=O) groups excluding carboxylic acids is 1. The van der Waals surface area contributed by atoms with E-state index in [9.17, 15) is 4.79 Å². The van der Waals surface area contributed by atoms with E-state index >= 15 is 0 Å². The number of rotatable bonds is 7. The number of guanidine groups is 1. The maximum Gasteiger partial charge on any atom is 0.225 e. The molecule has 29 heavy (non-hydrogen) atoms. The Labute approximate surface area is 174 Å². The molecule has 1 aliphatic carbocycles. The van der Waals surface area contributed by atoms with Crippen molar-refractivity contribution >= 4 is 11.9 Å². The standard InChI is InChI=1S/C22H35N5O2/c1-3-23-22(25-15-18-11-8-13-24-20(18)29-4-2)26-19-12-14-27(16-19)21(28)17-9-6-5-7-10-17/h8,11,13,17,19H,3-7,9-10,12,14-16H2,1-2H3,(H2,23,25,26). The first-order valence-corrected chi connectivity index (χ1v) is 11.1. The molecule has 160 valence electrons. The number of nitrogens with one attached hydrogen (secondary N) is 2. The molecule has 3 rings (SSSR count). The van der Waals surface area contributed by atoms with Crippen molar-refractivity contribution in [3.05, 3.63) is 23.9 Å². The lowest BCUT2D eigenvalue weighted by Gasteiger charge is -2.26. The van der Waals surface area contributed by atoms with E-state index in [1.807, 2.05) is 24.0 Å². The van der Waals surface area contributed by atoms with Crippen LogP contribution in [0.15, 0.2) is 23.3 Å². The summed E-state index contributed by atoms with van der Waals surface area (Å²) in [5.74, 6) is 2.01. The number of hydrogen-bond acceptors (Lipinski definition) is 4. The summed E-state index contributed by atoms with van der Waals surface area (Å²) in [6, 6.07) is 4.13. The van der Waals surface area contributed by atoms with Crippen molar-refractivity contribution in [3.63, 3.8) is 0 Å². The Balaban J connectivity index is 1.56. The van der Waals surface area contributed by atoms with Crippen LogP contribution in [-0.2, 0) is 11.3 Å². The SMILES string of the molecule is CCNC(=NCc1cccnc1OCC)NC1CCN(C(=O)C2CCCCC2)C1. The van der Waals surface area contributed by atoms with Crippen molar-refractivity contribution in [2.45, 2.75) is 65.0 Å². The van der Waals surface area contributed by atoms with E-state index in [2.05, 4.69) is 22.5 Å². The average Bonchev–Trinajstić information content (AvgIpc) is 3.22. The molecule has 2 N–H and O–H groups in total. The van der Waals surface area contributed by atoms with Crippen LogP contribution in [0, 0.1) is 5.92 Å². The second-order valence-electron chi connectivity index (χ2n) is 7.84. The third-order valence-electron chi connectivity index (χ3n) is 5.68. The Morgan fingerprint density at radius 2 is 2.10 bits per heavy atom. The zero-order valence-corrected chi connectivity index (χ0v) is 17.8. The van der Waals surface area contributed by atoms with Crippen LogP contribution >= 0.6 is 0 Å². The molecule has 2 aliphatic rings. The highest BCUT2D eigenvalue weighted by Crippen LogP contribution is 2.26. The highest BCUT2D eigenvalue weighted by atomic mass is 16.5. The van der Waals surface area contributed by atoms with Crippen molar-refractivity contribution in [2.24, 2.45) is 10.9 Å². The van der Waals surface area contributed by atoms with Crippen LogP contribution in [0.4, 0.5) is 0 Å². The van der Waals surface area contributed by atoms with Gasteiger partial charge in [-0.15, -0.1) is 0 Å². The van der Waals surface area contributed by atoms with Crippen molar-refractivity contribution in [1.82, 2.24) is 20.5 Å². The van der Waals surface area contributed by atoms with E-state index in [0.29, 0.717) is 24.9 Å². The van der Waals surface area contributed by atoms with Crippen molar-refractivity contribution in [2.75, 3.05) is 26.2 Å². The highest BCUT2D eigenvalue weighted by Gasteiger charge is 2.31. The van der Waals surface area contributed by atoms with Crippen LogP contribution in [0.25, 0.3) is 0 Å². The number of amides is 1. The monoisotopic (exact) mass is 401 g/mol. The van der Waals surface area contributed by atoms with E-state index in [4.69, 9.17) is 9.73 Å². The van der Waals surface area contributed by atoms with Gasteiger partial charge in [0.1, 0.15) is 0 Å². The molecular formula is C22H35N5O2. The molecule has 1 aromatic rings. The lowest BCUT2D eigenvalue weighted by Crippen LogP contribution is -2.45. The average molecular weight is 402 g/mol. The fourth-order valence-corrected chi connectivity index (χ4v) is 4.17. The largest absolute Gasteiger partial charge is 0.478 e. The number of carbonyl (C=O) groups is 1. The topological polar surface area (TPSA) is 78.9 Å². The number of nitrogens with zero attached hydrogens (tertiary/aromatic N) is 3. The predicted octanol–water partition coefficient (Wildman–Crippen LogP) is 2.72. The second kappa shape index (κ2) is 11.0. The number of hydrogen-bond donors (Lipinski definition) is 2. The molecule has 2 fully saturated rings. The molecule has 0 aromatic carbocycles. The van der Waals surface area contributed by atoms with Crippen molar-refractivity contribution in [1.29, 1.82) is 0 Å². The third kappa shape index (κ3) is 6.08. The van der Waals surface area contributed by atoms with Crippen LogP contribution in [0.2, 0.25) is 0 Å². The number of ether oxygens (including phenoxy) is 1. The quantitative estimate of drug-likeness (QED) is 0.543. The first-order valence-electron chi connectivity index (χ1n) is 11.1. The van der Waals surface area contributed by atoms with E-state index in [-0.39, 0.29) is 12.0 Å². The molecule has 1 aromatic heterocycles. The van der Waals surface area contributed by atoms with Gasteiger partial charge < -0.3 is 20.3 Å². The van der Waals surface area contributed by atoms with Gasteiger partial charge in [-0.1, -0.05) is 25.3 Å². The molecule has 1 amide bonds. The van der Waals surface area contributed by atoms with Gasteiger partial charge in [0.2, 0.25) is 11.8 Å². The Morgan fingerprint density at radius 1 is 1.28 bits per heavy atom. The Hall–Kier alpha value is -2.31. The first-order chi connectivity index (χ1) is 14.2. The molecule has 1 saturated carbocycles. The van der Waals surface area contributed by atoms with Gasteiger partial charge in [-0.05, 0) is 39.2 Å². The van der Waals surface area contributed by atoms with Gasteiger partial charge in [0.05, 0.1) is 13.2 Å². The van der Waals surface area contributed by atoms with Gasteiger partial charge in [0, 0.05) is 43.4 Å². The summed E-state index contributed by atoms with van der Waals surface area (Å²) in [6.45, 7) is 7.47. The lowest BCUT2D eigenvalue weighted by atomic mass is 9.88. The molecule has 0 radical (unpaired) electrons. The zero-order chi connectivity index (χ0) is 20.5. The summed E-state index contributed by atoms with van der Waals surface area (Å²) in [6.07, 6.45) is 8.48. The van der Waals surface area contributed by atoms with Gasteiger partial charge >= 0.3 is 0 Å². The molecule has 2 heterocycles. The zero-order valence-electron chi connectivity index (χ0n) is 17.8. The molecule has 1 saturated heterocycles. The molecule has 7 heteroatoms. The van der Waals surface area contributed by atoms with Crippen molar-refractivity contribution in [3.8, 4) is 5.88 Å². The van der Waals surface area contributed by atoms with Gasteiger partial charge in [0.15, 0.2) is 5.96 Å². The number of aliphatic imine (C=N–C) groups is 1. The maximum absolute atomic E-state index is 12.8. The molecule has 1 unspecified atom stereocenters. The minimum absolute atomic E-state index is 0.237. The second-order valence-corrected chi connectivity index (χ2v) is 7.84. The minimum Gasteiger partial charge on any atom is -0.478 e. The summed E-state index contributed by atoms with van der Waals surface area (Å²) in [5, 5.41) is 6.82. The molecule has 7 nitrogen and oxygen atoms in total. The maximum atomic E-state index is 12.8. The highest BCUT2D eigenvalue weighted by molar-refractivity contribution is 5.81. The van der Waals surface area contributed by atoms with E-state index < -0.39 is 0 Å². The van der Waals surface area contributed by atoms with Gasteiger partial charge in [-0.25, -0.2) is 9.98 Å². The minimum atomic E-state index is 0.237. The predicted molar refractivity (Wildman–Crippen MR) is 115 cm³/mol. The summed E-state index contributed by atoms with van der Waals surface area (Å²) >= 11 is 0. The fraction of sp³-hybridized carbons (Fsp3) is 0.682. The Morgan fingerprint density at radius 3 is 2.86 bits per heavy atom. The first kappa shape index (κ1) is 21.4. The van der Waals surface area contributed by atoms with Crippen LogP contribution < -0.4 is 15.4 Å². The number of likely N-dealkylation sites (tertiary alicyclic amines) is 1. The van der Waals surface area contributed by atoms with Crippen LogP contribution in [0.5, 0.6) is 5.88 Å². The summed E-state index contributed by atoms with van der Waals surface area (Å²) in [7, 11) is 0. The molecule has 0 bridgehead atoms. The normalized spacial score (nSPS) is 20.6. The van der Waals surface area contributed by atoms with E-state index in [1.54, 1.807) is 6.20 Å². The van der Waals surface area contributed by atoms with E-state index in [1.165, 1.54) is 19.3 Å². The third-order valence-corrected chi connectivity index (χ3v) is 5.68. The van der Waals surface area contributed by atoms with Crippen LogP contribution in [0.3, 0.4) is 0 Å². The van der Waals surface area contributed by atoms with E-state index in [0.717, 1.165) is 50.4 Å². The summed E-state index contributed by atoms with van der Waals surface area (Å²) < 4.78 is 5.60. The van der Waals surface area contributed by atoms with Gasteiger partial charge in [0.25, 0.3) is 0 Å². The summed E-state index contributed by atoms with van der Waals surface area (Å²) in [4.78, 5) is 23.9. The van der Waals surface area contributed by atoms with Crippen molar-refractivity contribution < 1.29 is 9.53 Å².